The molecule has 1 saturated heterocycles. The van der Waals surface area contributed by atoms with E-state index >= 15 is 0 Å². The summed E-state index contributed by atoms with van der Waals surface area (Å²) in [6.45, 7) is 6.28. The van der Waals surface area contributed by atoms with Crippen LogP contribution in [0.2, 0.25) is 0 Å². The Hall–Kier alpha value is -2.30. The Kier molecular flexibility index (Phi) is 12.9. The fraction of sp³-hybridized carbons (Fsp3) is 0.640. The first-order valence-corrected chi connectivity index (χ1v) is 13.8. The number of rotatable bonds is 16. The van der Waals surface area contributed by atoms with Crippen LogP contribution in [-0.2, 0) is 19.5 Å². The van der Waals surface area contributed by atoms with Crippen molar-refractivity contribution in [2.24, 2.45) is 0 Å². The molecule has 1 fully saturated rings. The SMILES string of the molecule is C/C=C\CCCCN(CCCNC(=O)OC1CCOC1)S(=O)(=O)c1ccc(OC)cc1OCCC. The molecule has 0 saturated carbocycles. The van der Waals surface area contributed by atoms with Crippen molar-refractivity contribution in [2.45, 2.75) is 63.4 Å². The number of sulfonamides is 1. The number of allylic oxidation sites excluding steroid dienone is 2. The summed E-state index contributed by atoms with van der Waals surface area (Å²) in [5.74, 6) is 0.814. The van der Waals surface area contributed by atoms with Crippen LogP contribution < -0.4 is 14.8 Å². The van der Waals surface area contributed by atoms with Crippen molar-refractivity contribution in [1.29, 1.82) is 0 Å². The highest BCUT2D eigenvalue weighted by molar-refractivity contribution is 7.89. The average Bonchev–Trinajstić information content (AvgIpc) is 3.36. The van der Waals surface area contributed by atoms with Crippen LogP contribution >= 0.6 is 0 Å². The van der Waals surface area contributed by atoms with Gasteiger partial charge in [-0.15, -0.1) is 0 Å². The van der Waals surface area contributed by atoms with Gasteiger partial charge in [-0.1, -0.05) is 19.1 Å². The third-order valence-electron chi connectivity index (χ3n) is 5.51. The minimum atomic E-state index is -3.82. The van der Waals surface area contributed by atoms with E-state index in [4.69, 9.17) is 18.9 Å². The lowest BCUT2D eigenvalue weighted by Crippen LogP contribution is -2.36. The molecule has 9 nitrogen and oxygen atoms in total. The van der Waals surface area contributed by atoms with Crippen LogP contribution in [0.15, 0.2) is 35.2 Å². The summed E-state index contributed by atoms with van der Waals surface area (Å²) in [7, 11) is -2.30. The first-order chi connectivity index (χ1) is 16.9. The number of carbonyl (C=O) groups is 1. The van der Waals surface area contributed by atoms with Crippen LogP contribution in [0, 0.1) is 0 Å². The monoisotopic (exact) mass is 512 g/mol. The lowest BCUT2D eigenvalue weighted by Gasteiger charge is -2.24. The van der Waals surface area contributed by atoms with Crippen molar-refractivity contribution in [1.82, 2.24) is 9.62 Å². The van der Waals surface area contributed by atoms with Crippen LogP contribution in [-0.4, -0.2) is 71.5 Å². The molecule has 0 aliphatic carbocycles. The van der Waals surface area contributed by atoms with E-state index in [1.807, 2.05) is 19.9 Å². The Balaban J connectivity index is 2.07. The highest BCUT2D eigenvalue weighted by Gasteiger charge is 2.28. The number of amides is 1. The maximum Gasteiger partial charge on any atom is 0.407 e. The molecule has 0 radical (unpaired) electrons. The van der Waals surface area contributed by atoms with E-state index in [0.717, 1.165) is 25.7 Å². The van der Waals surface area contributed by atoms with Crippen molar-refractivity contribution in [3.8, 4) is 11.5 Å². The number of alkyl carbamates (subject to hydrolysis) is 1. The van der Waals surface area contributed by atoms with Crippen molar-refractivity contribution < 1.29 is 32.2 Å². The van der Waals surface area contributed by atoms with E-state index in [0.29, 0.717) is 51.5 Å². The molecule has 35 heavy (non-hydrogen) atoms. The third-order valence-corrected chi connectivity index (χ3v) is 7.45. The molecular weight excluding hydrogens is 472 g/mol. The Labute approximate surface area is 209 Å². The lowest BCUT2D eigenvalue weighted by atomic mass is 10.2. The molecule has 1 N–H and O–H groups in total. The number of methoxy groups -OCH3 is 1. The molecule has 0 bridgehead atoms. The molecule has 1 amide bonds. The second-order valence-corrected chi connectivity index (χ2v) is 10.2. The summed E-state index contributed by atoms with van der Waals surface area (Å²) in [6.07, 6.45) is 7.73. The van der Waals surface area contributed by atoms with Gasteiger partial charge in [0.1, 0.15) is 22.5 Å². The van der Waals surface area contributed by atoms with E-state index in [-0.39, 0.29) is 23.3 Å². The van der Waals surface area contributed by atoms with E-state index in [2.05, 4.69) is 11.4 Å². The average molecular weight is 513 g/mol. The van der Waals surface area contributed by atoms with E-state index in [1.54, 1.807) is 12.1 Å². The molecule has 2 rings (SSSR count). The minimum absolute atomic E-state index is 0.119. The predicted molar refractivity (Wildman–Crippen MR) is 135 cm³/mol. The van der Waals surface area contributed by atoms with Crippen molar-refractivity contribution in [3.63, 3.8) is 0 Å². The van der Waals surface area contributed by atoms with Gasteiger partial charge >= 0.3 is 6.09 Å². The summed E-state index contributed by atoms with van der Waals surface area (Å²) in [4.78, 5) is 12.1. The summed E-state index contributed by atoms with van der Waals surface area (Å²) in [6, 6.07) is 4.77. The molecule has 1 unspecified atom stereocenters. The molecule has 10 heteroatoms. The standard InChI is InChI=1S/C25H40N2O7S/c1-4-6-7-8-9-15-27(16-10-14-26-25(28)34-22-13-18-32-20-22)35(29,30)24-12-11-21(31-3)19-23(24)33-17-5-2/h4,6,11-12,19,22H,5,7-10,13-18,20H2,1-3H3,(H,26,28)/b6-4-. The number of nitrogens with zero attached hydrogens (tertiary/aromatic N) is 1. The third kappa shape index (κ3) is 9.70. The normalized spacial score (nSPS) is 16.1. The molecule has 1 aromatic rings. The van der Waals surface area contributed by atoms with Crippen LogP contribution in [0.4, 0.5) is 4.79 Å². The zero-order valence-corrected chi connectivity index (χ0v) is 22.0. The quantitative estimate of drug-likeness (QED) is 0.262. The Bertz CT molecular complexity index is 899. The topological polar surface area (TPSA) is 103 Å². The Morgan fingerprint density at radius 1 is 1.26 bits per heavy atom. The second-order valence-electron chi connectivity index (χ2n) is 8.30. The highest BCUT2D eigenvalue weighted by atomic mass is 32.2. The van der Waals surface area contributed by atoms with Gasteiger partial charge in [0.25, 0.3) is 0 Å². The number of ether oxygens (including phenoxy) is 4. The highest BCUT2D eigenvalue weighted by Crippen LogP contribution is 2.31. The Morgan fingerprint density at radius 2 is 2.06 bits per heavy atom. The summed E-state index contributed by atoms with van der Waals surface area (Å²) in [5.41, 5.74) is 0. The molecule has 1 atom stereocenters. The van der Waals surface area contributed by atoms with Gasteiger partial charge in [-0.05, 0) is 51.2 Å². The van der Waals surface area contributed by atoms with Crippen molar-refractivity contribution >= 4 is 16.1 Å². The lowest BCUT2D eigenvalue weighted by molar-refractivity contribution is 0.0831. The fourth-order valence-electron chi connectivity index (χ4n) is 3.61. The van der Waals surface area contributed by atoms with Crippen LogP contribution in [0.25, 0.3) is 0 Å². The Morgan fingerprint density at radius 3 is 2.74 bits per heavy atom. The van der Waals surface area contributed by atoms with Gasteiger partial charge in [-0.3, -0.25) is 0 Å². The number of hydrogen-bond donors (Lipinski definition) is 1. The van der Waals surface area contributed by atoms with Crippen molar-refractivity contribution in [2.75, 3.05) is 46.6 Å². The molecule has 1 heterocycles. The molecule has 0 spiro atoms. The van der Waals surface area contributed by atoms with Gasteiger partial charge in [-0.25, -0.2) is 13.2 Å². The van der Waals surface area contributed by atoms with Gasteiger partial charge in [0.15, 0.2) is 0 Å². The summed E-state index contributed by atoms with van der Waals surface area (Å²) >= 11 is 0. The zero-order valence-electron chi connectivity index (χ0n) is 21.2. The maximum atomic E-state index is 13.7. The number of benzene rings is 1. The molecular formula is C25H40N2O7S. The van der Waals surface area contributed by atoms with Gasteiger partial charge in [0.2, 0.25) is 10.0 Å². The number of carbonyl (C=O) groups excluding carboxylic acids is 1. The summed E-state index contributed by atoms with van der Waals surface area (Å²) < 4.78 is 50.3. The van der Waals surface area contributed by atoms with Gasteiger partial charge in [0.05, 0.1) is 26.9 Å². The van der Waals surface area contributed by atoms with E-state index in [1.165, 1.54) is 17.5 Å². The molecule has 0 aromatic heterocycles. The van der Waals surface area contributed by atoms with Crippen LogP contribution in [0.3, 0.4) is 0 Å². The van der Waals surface area contributed by atoms with Crippen molar-refractivity contribution in [3.05, 3.63) is 30.4 Å². The predicted octanol–water partition coefficient (Wildman–Crippen LogP) is 4.13. The first-order valence-electron chi connectivity index (χ1n) is 12.4. The molecule has 1 aromatic carbocycles. The number of hydrogen-bond acceptors (Lipinski definition) is 7. The summed E-state index contributed by atoms with van der Waals surface area (Å²) in [5, 5.41) is 2.71. The molecule has 198 valence electrons. The van der Waals surface area contributed by atoms with E-state index < -0.39 is 16.1 Å². The first kappa shape index (κ1) is 28.9. The number of nitrogens with one attached hydrogen (secondary N) is 1. The molecule has 1 aliphatic heterocycles. The van der Waals surface area contributed by atoms with Gasteiger partial charge in [0, 0.05) is 32.1 Å². The van der Waals surface area contributed by atoms with Crippen LogP contribution in [0.1, 0.15) is 52.4 Å². The van der Waals surface area contributed by atoms with Gasteiger partial charge < -0.3 is 24.3 Å². The largest absolute Gasteiger partial charge is 0.497 e. The van der Waals surface area contributed by atoms with Crippen LogP contribution in [0.5, 0.6) is 11.5 Å². The second kappa shape index (κ2) is 15.6. The van der Waals surface area contributed by atoms with E-state index in [9.17, 15) is 13.2 Å². The molecule has 1 aliphatic rings. The van der Waals surface area contributed by atoms with Gasteiger partial charge in [-0.2, -0.15) is 4.31 Å². The smallest absolute Gasteiger partial charge is 0.407 e. The zero-order chi connectivity index (χ0) is 25.5. The fourth-order valence-corrected chi connectivity index (χ4v) is 5.24. The minimum Gasteiger partial charge on any atom is -0.497 e. The number of unbranched alkanes of at least 4 members (excludes halogenated alkanes) is 2. The maximum absolute atomic E-state index is 13.7.